The molecule has 0 aliphatic heterocycles. The first-order valence-electron chi connectivity index (χ1n) is 12.2. The number of fused-ring (bicyclic) bond motifs is 3. The van der Waals surface area contributed by atoms with Gasteiger partial charge < -0.3 is 9.53 Å². The van der Waals surface area contributed by atoms with Crippen LogP contribution in [0.5, 0.6) is 5.75 Å². The zero-order valence-electron chi connectivity index (χ0n) is 19.4. The van der Waals surface area contributed by atoms with E-state index in [0.717, 1.165) is 44.3 Å². The van der Waals surface area contributed by atoms with Gasteiger partial charge in [-0.2, -0.15) is 0 Å². The Labute approximate surface area is 196 Å². The van der Waals surface area contributed by atoms with Crippen molar-refractivity contribution in [1.29, 1.82) is 0 Å². The number of ether oxygens (including phenoxy) is 1. The zero-order chi connectivity index (χ0) is 22.5. The lowest BCUT2D eigenvalue weighted by Gasteiger charge is -2.55. The van der Waals surface area contributed by atoms with E-state index in [1.165, 1.54) is 17.5 Å². The summed E-state index contributed by atoms with van der Waals surface area (Å²) in [6.45, 7) is 7.20. The lowest BCUT2D eigenvalue weighted by molar-refractivity contribution is -0.125. The van der Waals surface area contributed by atoms with E-state index in [0.29, 0.717) is 22.9 Å². The molecular weight excluding hydrogens is 418 g/mol. The minimum atomic E-state index is 0.0267. The lowest BCUT2D eigenvalue weighted by Crippen LogP contribution is -2.51. The van der Waals surface area contributed by atoms with Crippen LogP contribution in [0.4, 0.5) is 0 Å². The number of carbonyl (C=O) groups is 1. The molecule has 2 saturated carbocycles. The molecule has 1 aromatic carbocycles. The van der Waals surface area contributed by atoms with Gasteiger partial charge in [0.25, 0.3) is 0 Å². The average molecular weight is 452 g/mol. The third kappa shape index (κ3) is 3.48. The van der Waals surface area contributed by atoms with Gasteiger partial charge in [0.1, 0.15) is 17.2 Å². The summed E-state index contributed by atoms with van der Waals surface area (Å²) in [5, 5.41) is 0.602. The predicted molar refractivity (Wildman–Crippen MR) is 128 cm³/mol. The van der Waals surface area contributed by atoms with Gasteiger partial charge in [-0.1, -0.05) is 56.6 Å². The van der Waals surface area contributed by atoms with E-state index in [9.17, 15) is 4.79 Å². The number of hydrogen-bond donors (Lipinski definition) is 0. The monoisotopic (exact) mass is 451 g/mol. The minimum absolute atomic E-state index is 0.0267. The highest BCUT2D eigenvalue weighted by Crippen LogP contribution is 2.61. The maximum atomic E-state index is 12.3. The Kier molecular flexibility index (Phi) is 5.60. The van der Waals surface area contributed by atoms with Crippen molar-refractivity contribution in [3.8, 4) is 5.75 Å². The van der Waals surface area contributed by atoms with Crippen LogP contribution in [0, 0.1) is 29.1 Å². The van der Waals surface area contributed by atoms with Gasteiger partial charge in [-0.3, -0.25) is 0 Å². The Morgan fingerprint density at radius 1 is 1.06 bits per heavy atom. The van der Waals surface area contributed by atoms with E-state index in [-0.39, 0.29) is 22.9 Å². The van der Waals surface area contributed by atoms with E-state index in [4.69, 9.17) is 21.3 Å². The number of halogens is 1. The highest BCUT2D eigenvalue weighted by atomic mass is 35.5. The van der Waals surface area contributed by atoms with Crippen molar-refractivity contribution in [3.05, 3.63) is 58.9 Å². The van der Waals surface area contributed by atoms with E-state index < -0.39 is 0 Å². The molecule has 2 aromatic rings. The molecular formula is C28H34ClNO2. The van der Waals surface area contributed by atoms with Crippen molar-refractivity contribution in [3.63, 3.8) is 0 Å². The number of nitrogens with zero attached hydrogens (tertiary/aromatic N) is 1. The molecule has 170 valence electrons. The number of benzene rings is 1. The zero-order valence-corrected chi connectivity index (χ0v) is 20.1. The Morgan fingerprint density at radius 2 is 1.84 bits per heavy atom. The number of aromatic nitrogens is 1. The molecule has 0 amide bonds. The maximum Gasteiger partial charge on any atom is 0.129 e. The maximum absolute atomic E-state index is 12.3. The summed E-state index contributed by atoms with van der Waals surface area (Å²) < 4.78 is 6.25. The Hall–Kier alpha value is -1.87. The molecule has 0 radical (unpaired) electrons. The van der Waals surface area contributed by atoms with Crippen LogP contribution in [0.2, 0.25) is 5.15 Å². The summed E-state index contributed by atoms with van der Waals surface area (Å²) in [5.41, 5.74) is 2.71. The van der Waals surface area contributed by atoms with Crippen LogP contribution in [0.1, 0.15) is 64.1 Å². The quantitative estimate of drug-likeness (QED) is 0.385. The first-order chi connectivity index (χ1) is 15.3. The molecule has 1 heterocycles. The van der Waals surface area contributed by atoms with Crippen LogP contribution in [0.25, 0.3) is 0 Å². The van der Waals surface area contributed by atoms with E-state index in [1.54, 1.807) is 0 Å². The number of pyridine rings is 1. The summed E-state index contributed by atoms with van der Waals surface area (Å²) >= 11 is 6.27. The molecule has 0 spiro atoms. The fraction of sp³-hybridized carbons (Fsp3) is 0.571. The van der Waals surface area contributed by atoms with Crippen molar-refractivity contribution in [2.24, 2.45) is 29.1 Å². The van der Waals surface area contributed by atoms with Gasteiger partial charge in [-0.25, -0.2) is 4.98 Å². The molecule has 3 nitrogen and oxygen atoms in total. The van der Waals surface area contributed by atoms with E-state index in [2.05, 4.69) is 26.8 Å². The molecule has 3 aliphatic carbocycles. The molecule has 1 aromatic heterocycles. The first kappa shape index (κ1) is 21.9. The second-order valence-electron chi connectivity index (χ2n) is 10.9. The van der Waals surface area contributed by atoms with Crippen molar-refractivity contribution in [1.82, 2.24) is 4.98 Å². The van der Waals surface area contributed by atoms with Crippen LogP contribution in [0.15, 0.2) is 42.5 Å². The second kappa shape index (κ2) is 8.17. The van der Waals surface area contributed by atoms with Gasteiger partial charge in [0.2, 0.25) is 0 Å². The van der Waals surface area contributed by atoms with Gasteiger partial charge in [-0.05, 0) is 85.5 Å². The van der Waals surface area contributed by atoms with E-state index in [1.807, 2.05) is 36.4 Å². The number of para-hydroxylation sites is 1. The highest BCUT2D eigenvalue weighted by Gasteiger charge is 2.56. The molecule has 0 N–H and O–H groups in total. The molecule has 3 aliphatic rings. The number of carbonyl (C=O) groups excluding carboxylic acids is 1. The van der Waals surface area contributed by atoms with Crippen LogP contribution < -0.4 is 4.74 Å². The second-order valence-corrected chi connectivity index (χ2v) is 11.3. The van der Waals surface area contributed by atoms with Gasteiger partial charge in [0, 0.05) is 11.3 Å². The summed E-state index contributed by atoms with van der Waals surface area (Å²) in [6, 6.07) is 14.1. The SMILES string of the molecule is C[C@@H]1[C@@H]([C@@]2(C)CC[C@H](Oc3ccccc3)C[C@@H]2C=O)CC[C@]2(C)c3nc(Cl)ccc3C[C@@H]12. The summed E-state index contributed by atoms with van der Waals surface area (Å²) in [5.74, 6) is 2.59. The van der Waals surface area contributed by atoms with Gasteiger partial charge in [0.15, 0.2) is 0 Å². The van der Waals surface area contributed by atoms with Crippen molar-refractivity contribution in [2.75, 3.05) is 0 Å². The molecule has 2 fully saturated rings. The molecule has 0 saturated heterocycles. The predicted octanol–water partition coefficient (Wildman–Crippen LogP) is 6.66. The summed E-state index contributed by atoms with van der Waals surface area (Å²) in [7, 11) is 0. The van der Waals surface area contributed by atoms with Gasteiger partial charge in [0.05, 0.1) is 11.8 Å². The third-order valence-electron chi connectivity index (χ3n) is 9.41. The number of aldehydes is 1. The van der Waals surface area contributed by atoms with Crippen molar-refractivity contribution >= 4 is 17.9 Å². The van der Waals surface area contributed by atoms with E-state index >= 15 is 0 Å². The first-order valence-corrected chi connectivity index (χ1v) is 12.6. The average Bonchev–Trinajstić information content (AvgIpc) is 3.09. The fourth-order valence-corrected chi connectivity index (χ4v) is 7.71. The smallest absolute Gasteiger partial charge is 0.129 e. The largest absolute Gasteiger partial charge is 0.490 e. The molecule has 0 unspecified atom stereocenters. The van der Waals surface area contributed by atoms with Gasteiger partial charge >= 0.3 is 0 Å². The number of hydrogen-bond acceptors (Lipinski definition) is 3. The minimum Gasteiger partial charge on any atom is -0.490 e. The van der Waals surface area contributed by atoms with Crippen LogP contribution >= 0.6 is 11.6 Å². The topological polar surface area (TPSA) is 39.2 Å². The Bertz CT molecular complexity index is 994. The fourth-order valence-electron chi connectivity index (χ4n) is 7.56. The standard InChI is InChI=1S/C28H34ClNO2/c1-18-23(12-14-28(3)24(18)15-19-9-10-25(29)30-26(19)28)27(2)13-11-22(16-20(27)17-31)32-21-7-5-4-6-8-21/h4-10,17-18,20,22-24H,11-16H2,1-3H3/t18-,20-,22+,23+,24+,27+,28+/m1/s1. The summed E-state index contributed by atoms with van der Waals surface area (Å²) in [6.07, 6.45) is 7.57. The number of rotatable bonds is 4. The van der Waals surface area contributed by atoms with Crippen LogP contribution in [0.3, 0.4) is 0 Å². The van der Waals surface area contributed by atoms with Crippen molar-refractivity contribution < 1.29 is 9.53 Å². The van der Waals surface area contributed by atoms with Crippen molar-refractivity contribution in [2.45, 2.75) is 70.8 Å². The Morgan fingerprint density at radius 3 is 2.59 bits per heavy atom. The molecule has 5 rings (SSSR count). The highest BCUT2D eigenvalue weighted by molar-refractivity contribution is 6.29. The van der Waals surface area contributed by atoms with Gasteiger partial charge in [-0.15, -0.1) is 0 Å². The normalized spacial score (nSPS) is 38.6. The summed E-state index contributed by atoms with van der Waals surface area (Å²) in [4.78, 5) is 17.1. The Balaban J connectivity index is 1.35. The lowest BCUT2D eigenvalue weighted by atomic mass is 9.50. The molecule has 0 bridgehead atoms. The molecule has 7 atom stereocenters. The molecule has 4 heteroatoms. The van der Waals surface area contributed by atoms with Crippen LogP contribution in [-0.2, 0) is 16.6 Å². The third-order valence-corrected chi connectivity index (χ3v) is 9.62. The van der Waals surface area contributed by atoms with Crippen LogP contribution in [-0.4, -0.2) is 17.4 Å². The molecule has 32 heavy (non-hydrogen) atoms.